The standard InChI is InChI=1S/C26H35NO6S/c1-2-3-4-5-6-7-8-14-19-33-26(29)23(20-21-15-10-9-11-16-21)27-25(28)22-17-12-13-18-24(22)34(30,31)32/h9-13,15-18,23H,2-8,14,19-20H2,1H3,(H,27,28)(H,30,31,32)/t23-/m0/s1. The molecule has 2 aromatic carbocycles. The van der Waals surface area contributed by atoms with Crippen LogP contribution in [-0.2, 0) is 26.1 Å². The molecule has 0 radical (unpaired) electrons. The van der Waals surface area contributed by atoms with Crippen molar-refractivity contribution < 1.29 is 27.3 Å². The first-order valence-corrected chi connectivity index (χ1v) is 13.3. The number of benzene rings is 2. The Morgan fingerprint density at radius 3 is 2.12 bits per heavy atom. The minimum atomic E-state index is -4.60. The molecule has 7 nitrogen and oxygen atoms in total. The van der Waals surface area contributed by atoms with Gasteiger partial charge in [0.1, 0.15) is 10.9 Å². The number of carbonyl (C=O) groups excluding carboxylic acids is 2. The number of hydrogen-bond acceptors (Lipinski definition) is 5. The lowest BCUT2D eigenvalue weighted by Crippen LogP contribution is -2.43. The summed E-state index contributed by atoms with van der Waals surface area (Å²) in [4.78, 5) is 25.1. The first-order chi connectivity index (χ1) is 16.3. The second kappa shape index (κ2) is 14.5. The van der Waals surface area contributed by atoms with E-state index in [0.717, 1.165) is 30.9 Å². The van der Waals surface area contributed by atoms with E-state index in [0.29, 0.717) is 0 Å². The van der Waals surface area contributed by atoms with Crippen LogP contribution in [0.3, 0.4) is 0 Å². The molecule has 0 heterocycles. The minimum Gasteiger partial charge on any atom is -0.464 e. The van der Waals surface area contributed by atoms with E-state index in [1.165, 1.54) is 50.3 Å². The third kappa shape index (κ3) is 9.65. The van der Waals surface area contributed by atoms with E-state index in [4.69, 9.17) is 4.74 Å². The molecule has 0 bridgehead atoms. The Hall–Kier alpha value is -2.71. The van der Waals surface area contributed by atoms with Crippen LogP contribution >= 0.6 is 0 Å². The molecule has 0 aliphatic heterocycles. The van der Waals surface area contributed by atoms with E-state index in [9.17, 15) is 22.6 Å². The van der Waals surface area contributed by atoms with Gasteiger partial charge in [-0.2, -0.15) is 8.42 Å². The minimum absolute atomic E-state index is 0.191. The van der Waals surface area contributed by atoms with E-state index in [2.05, 4.69) is 12.2 Å². The number of amides is 1. The summed E-state index contributed by atoms with van der Waals surface area (Å²) in [6, 6.07) is 13.5. The smallest absolute Gasteiger partial charge is 0.328 e. The van der Waals surface area contributed by atoms with Gasteiger partial charge in [-0.15, -0.1) is 0 Å². The summed E-state index contributed by atoms with van der Waals surface area (Å²) in [5.41, 5.74) is 0.582. The quantitative estimate of drug-likeness (QED) is 0.208. The fourth-order valence-corrected chi connectivity index (χ4v) is 4.36. The Balaban J connectivity index is 1.98. The summed E-state index contributed by atoms with van der Waals surface area (Å²) in [6.45, 7) is 2.45. The molecule has 1 atom stereocenters. The number of hydrogen-bond donors (Lipinski definition) is 2. The average molecular weight is 490 g/mol. The summed E-state index contributed by atoms with van der Waals surface area (Å²) in [6.07, 6.45) is 9.15. The highest BCUT2D eigenvalue weighted by Gasteiger charge is 2.26. The van der Waals surface area contributed by atoms with Crippen LogP contribution in [0, 0.1) is 0 Å². The molecule has 0 unspecified atom stereocenters. The predicted octanol–water partition coefficient (Wildman–Crippen LogP) is 4.96. The zero-order chi connectivity index (χ0) is 24.8. The van der Waals surface area contributed by atoms with Gasteiger partial charge in [-0.05, 0) is 24.1 Å². The molecular formula is C26H35NO6S. The maximum atomic E-state index is 12.8. The van der Waals surface area contributed by atoms with Crippen LogP contribution < -0.4 is 5.32 Å². The predicted molar refractivity (Wildman–Crippen MR) is 131 cm³/mol. The maximum Gasteiger partial charge on any atom is 0.328 e. The number of rotatable bonds is 15. The lowest BCUT2D eigenvalue weighted by molar-refractivity contribution is -0.146. The van der Waals surface area contributed by atoms with E-state index < -0.39 is 32.9 Å². The van der Waals surface area contributed by atoms with Gasteiger partial charge in [-0.3, -0.25) is 9.35 Å². The molecule has 0 spiro atoms. The lowest BCUT2D eigenvalue weighted by atomic mass is 10.1. The van der Waals surface area contributed by atoms with E-state index in [-0.39, 0.29) is 18.6 Å². The third-order valence-electron chi connectivity index (χ3n) is 5.52. The van der Waals surface area contributed by atoms with Gasteiger partial charge >= 0.3 is 5.97 Å². The van der Waals surface area contributed by atoms with Crippen molar-refractivity contribution in [2.24, 2.45) is 0 Å². The van der Waals surface area contributed by atoms with Crippen molar-refractivity contribution in [3.63, 3.8) is 0 Å². The highest BCUT2D eigenvalue weighted by Crippen LogP contribution is 2.16. The van der Waals surface area contributed by atoms with Crippen molar-refractivity contribution >= 4 is 22.0 Å². The summed E-state index contributed by atoms with van der Waals surface area (Å²) in [5.74, 6) is -1.36. The van der Waals surface area contributed by atoms with Crippen LogP contribution in [0.15, 0.2) is 59.5 Å². The van der Waals surface area contributed by atoms with Crippen LogP contribution in [0.25, 0.3) is 0 Å². The molecule has 2 aromatic rings. The Morgan fingerprint density at radius 2 is 1.47 bits per heavy atom. The Bertz CT molecular complexity index is 1010. The van der Waals surface area contributed by atoms with E-state index in [1.54, 1.807) is 0 Å². The monoisotopic (exact) mass is 489 g/mol. The molecule has 0 aromatic heterocycles. The molecule has 186 valence electrons. The van der Waals surface area contributed by atoms with Gasteiger partial charge in [0.05, 0.1) is 12.2 Å². The Labute approximate surface area is 202 Å². The van der Waals surface area contributed by atoms with Crippen molar-refractivity contribution in [3.05, 3.63) is 65.7 Å². The first-order valence-electron chi connectivity index (χ1n) is 11.9. The highest BCUT2D eigenvalue weighted by atomic mass is 32.2. The molecule has 0 saturated carbocycles. The fourth-order valence-electron chi connectivity index (χ4n) is 3.67. The summed E-state index contributed by atoms with van der Waals surface area (Å²) in [5, 5.41) is 2.59. The highest BCUT2D eigenvalue weighted by molar-refractivity contribution is 7.86. The number of ether oxygens (including phenoxy) is 1. The van der Waals surface area contributed by atoms with Gasteiger partial charge < -0.3 is 10.1 Å². The Kier molecular flexibility index (Phi) is 11.8. The normalized spacial score (nSPS) is 12.2. The second-order valence-corrected chi connectivity index (χ2v) is 9.72. The molecule has 0 aliphatic carbocycles. The maximum absolute atomic E-state index is 12.8. The van der Waals surface area contributed by atoms with Crippen molar-refractivity contribution in [3.8, 4) is 0 Å². The topological polar surface area (TPSA) is 110 Å². The molecule has 34 heavy (non-hydrogen) atoms. The zero-order valence-electron chi connectivity index (χ0n) is 19.7. The average Bonchev–Trinajstić information content (AvgIpc) is 2.82. The third-order valence-corrected chi connectivity index (χ3v) is 6.44. The number of esters is 1. The first kappa shape index (κ1) is 27.5. The largest absolute Gasteiger partial charge is 0.464 e. The summed E-state index contributed by atoms with van der Waals surface area (Å²) < 4.78 is 38.2. The van der Waals surface area contributed by atoms with Crippen LogP contribution in [0.4, 0.5) is 0 Å². The number of unbranched alkanes of at least 4 members (excludes halogenated alkanes) is 7. The Morgan fingerprint density at radius 1 is 0.882 bits per heavy atom. The molecule has 0 saturated heterocycles. The van der Waals surface area contributed by atoms with Crippen LogP contribution in [0.2, 0.25) is 0 Å². The van der Waals surface area contributed by atoms with Crippen molar-refractivity contribution in [2.75, 3.05) is 6.61 Å². The fraction of sp³-hybridized carbons (Fsp3) is 0.462. The molecule has 8 heteroatoms. The van der Waals surface area contributed by atoms with Crippen molar-refractivity contribution in [1.82, 2.24) is 5.32 Å². The second-order valence-electron chi connectivity index (χ2n) is 8.33. The van der Waals surface area contributed by atoms with E-state index >= 15 is 0 Å². The molecule has 2 rings (SSSR count). The van der Waals surface area contributed by atoms with Gasteiger partial charge in [0.25, 0.3) is 16.0 Å². The van der Waals surface area contributed by atoms with Crippen LogP contribution in [0.5, 0.6) is 0 Å². The number of nitrogens with one attached hydrogen (secondary N) is 1. The summed E-state index contributed by atoms with van der Waals surface area (Å²) in [7, 11) is -4.60. The van der Waals surface area contributed by atoms with Crippen molar-refractivity contribution in [1.29, 1.82) is 0 Å². The van der Waals surface area contributed by atoms with Gasteiger partial charge in [0, 0.05) is 6.42 Å². The van der Waals surface area contributed by atoms with Gasteiger partial charge in [0.2, 0.25) is 0 Å². The SMILES string of the molecule is CCCCCCCCCCOC(=O)[C@H](Cc1ccccc1)NC(=O)c1ccccc1S(=O)(=O)O. The van der Waals surface area contributed by atoms with Gasteiger partial charge in [-0.1, -0.05) is 94.3 Å². The zero-order valence-corrected chi connectivity index (χ0v) is 20.6. The van der Waals surface area contributed by atoms with Crippen LogP contribution in [0.1, 0.15) is 74.2 Å². The number of carbonyl (C=O) groups is 2. The molecule has 2 N–H and O–H groups in total. The molecule has 0 fully saturated rings. The van der Waals surface area contributed by atoms with E-state index in [1.807, 2.05) is 30.3 Å². The molecule has 0 aliphatic rings. The van der Waals surface area contributed by atoms with Crippen LogP contribution in [-0.4, -0.2) is 37.5 Å². The summed E-state index contributed by atoms with van der Waals surface area (Å²) >= 11 is 0. The van der Waals surface area contributed by atoms with Gasteiger partial charge in [-0.25, -0.2) is 4.79 Å². The molecule has 1 amide bonds. The lowest BCUT2D eigenvalue weighted by Gasteiger charge is -2.18. The molecular weight excluding hydrogens is 454 g/mol. The van der Waals surface area contributed by atoms with Crippen molar-refractivity contribution in [2.45, 2.75) is 75.6 Å². The van der Waals surface area contributed by atoms with Gasteiger partial charge in [0.15, 0.2) is 0 Å².